The maximum absolute atomic E-state index is 12.5. The van der Waals surface area contributed by atoms with Gasteiger partial charge in [-0.2, -0.15) is 0 Å². The number of halogens is 1. The van der Waals surface area contributed by atoms with Crippen molar-refractivity contribution in [1.82, 2.24) is 5.32 Å². The molecule has 0 saturated heterocycles. The summed E-state index contributed by atoms with van der Waals surface area (Å²) in [6, 6.07) is 12.3. The third-order valence-corrected chi connectivity index (χ3v) is 5.27. The Bertz CT molecular complexity index is 979. The highest BCUT2D eigenvalue weighted by atomic mass is 35.5. The van der Waals surface area contributed by atoms with Gasteiger partial charge < -0.3 is 29.4 Å². The lowest BCUT2D eigenvalue weighted by Gasteiger charge is -2.22. The van der Waals surface area contributed by atoms with Gasteiger partial charge in [0, 0.05) is 17.6 Å². The van der Waals surface area contributed by atoms with Gasteiger partial charge in [-0.25, -0.2) is 9.59 Å². The van der Waals surface area contributed by atoms with Crippen LogP contribution < -0.4 is 14.8 Å². The van der Waals surface area contributed by atoms with Gasteiger partial charge in [0.25, 0.3) is 0 Å². The van der Waals surface area contributed by atoms with E-state index in [0.717, 1.165) is 11.1 Å². The van der Waals surface area contributed by atoms with Crippen LogP contribution in [0.4, 0.5) is 0 Å². The number of carbonyl (C=O) groups excluding carboxylic acids is 2. The third kappa shape index (κ3) is 5.76. The highest BCUT2D eigenvalue weighted by Gasteiger charge is 2.59. The Balaban J connectivity index is 1.65. The van der Waals surface area contributed by atoms with Gasteiger partial charge in [0.2, 0.25) is 0 Å². The molecule has 2 N–H and O–H groups in total. The van der Waals surface area contributed by atoms with Gasteiger partial charge in [0.1, 0.15) is 0 Å². The van der Waals surface area contributed by atoms with Gasteiger partial charge in [0.05, 0.1) is 19.3 Å². The first-order valence-electron chi connectivity index (χ1n) is 10.8. The van der Waals surface area contributed by atoms with Gasteiger partial charge in [-0.1, -0.05) is 29.8 Å². The molecule has 1 aliphatic heterocycles. The van der Waals surface area contributed by atoms with Crippen molar-refractivity contribution in [3.8, 4) is 11.5 Å². The Morgan fingerprint density at radius 3 is 2.36 bits per heavy atom. The molecule has 0 aromatic heterocycles. The lowest BCUT2D eigenvalue weighted by atomic mass is 10.1. The summed E-state index contributed by atoms with van der Waals surface area (Å²) in [7, 11) is 0. The molecule has 2 aromatic carbocycles. The molecule has 1 heterocycles. The molecule has 0 spiro atoms. The van der Waals surface area contributed by atoms with E-state index < -0.39 is 23.8 Å². The summed E-state index contributed by atoms with van der Waals surface area (Å²) in [5.41, 5.74) is 1.62. The second-order valence-corrected chi connectivity index (χ2v) is 8.06. The minimum atomic E-state index is -2.31. The summed E-state index contributed by atoms with van der Waals surface area (Å²) in [6.07, 6.45) is -0.0947. The average molecular weight is 478 g/mol. The maximum atomic E-state index is 12.5. The topological polar surface area (TPSA) is 103 Å². The van der Waals surface area contributed by atoms with Crippen LogP contribution in [0.25, 0.3) is 0 Å². The van der Waals surface area contributed by atoms with Gasteiger partial charge in [-0.05, 0) is 62.6 Å². The number of esters is 2. The molecule has 33 heavy (non-hydrogen) atoms. The highest BCUT2D eigenvalue weighted by Crippen LogP contribution is 2.41. The highest BCUT2D eigenvalue weighted by molar-refractivity contribution is 6.30. The van der Waals surface area contributed by atoms with Crippen molar-refractivity contribution in [2.75, 3.05) is 19.8 Å². The largest absolute Gasteiger partial charge is 0.460 e. The molecule has 2 atom stereocenters. The average Bonchev–Trinajstić information content (AvgIpc) is 3.18. The Kier molecular flexibility index (Phi) is 8.18. The van der Waals surface area contributed by atoms with E-state index in [0.29, 0.717) is 18.0 Å². The maximum Gasteiger partial charge on any atom is 0.453 e. The molecule has 0 aliphatic carbocycles. The number of rotatable bonds is 10. The number of aliphatic hydroxyl groups is 1. The molecule has 0 bridgehead atoms. The van der Waals surface area contributed by atoms with Crippen LogP contribution in [0.5, 0.6) is 11.5 Å². The van der Waals surface area contributed by atoms with Crippen LogP contribution in [-0.4, -0.2) is 48.6 Å². The van der Waals surface area contributed by atoms with E-state index in [-0.39, 0.29) is 30.8 Å². The molecule has 2 aromatic rings. The first kappa shape index (κ1) is 24.8. The summed E-state index contributed by atoms with van der Waals surface area (Å²) in [5, 5.41) is 14.3. The van der Waals surface area contributed by atoms with Crippen molar-refractivity contribution in [2.45, 2.75) is 45.1 Å². The van der Waals surface area contributed by atoms with E-state index in [1.54, 1.807) is 44.2 Å². The summed E-state index contributed by atoms with van der Waals surface area (Å²) >= 11 is 5.99. The zero-order valence-electron chi connectivity index (χ0n) is 18.8. The smallest absolute Gasteiger partial charge is 0.453 e. The van der Waals surface area contributed by atoms with Crippen molar-refractivity contribution in [2.24, 2.45) is 0 Å². The van der Waals surface area contributed by atoms with Crippen LogP contribution in [0, 0.1) is 0 Å². The fourth-order valence-electron chi connectivity index (χ4n) is 3.45. The summed E-state index contributed by atoms with van der Waals surface area (Å²) in [5.74, 6) is -3.74. The molecule has 8 nitrogen and oxygen atoms in total. The Hall–Kier alpha value is -2.81. The third-order valence-electron chi connectivity index (χ3n) is 5.04. The van der Waals surface area contributed by atoms with E-state index in [1.165, 1.54) is 0 Å². The molecule has 0 amide bonds. The molecule has 0 unspecified atom stereocenters. The number of fused-ring (bicyclic) bond motifs is 1. The molecule has 178 valence electrons. The molecule has 9 heteroatoms. The summed E-state index contributed by atoms with van der Waals surface area (Å²) in [4.78, 5) is 25.0. The van der Waals surface area contributed by atoms with Gasteiger partial charge in [-0.3, -0.25) is 0 Å². The lowest BCUT2D eigenvalue weighted by Crippen LogP contribution is -2.55. The molecular formula is C24H28ClNO7. The predicted octanol–water partition coefficient (Wildman–Crippen LogP) is 3.19. The van der Waals surface area contributed by atoms with Crippen LogP contribution in [0.2, 0.25) is 5.02 Å². The van der Waals surface area contributed by atoms with E-state index in [2.05, 4.69) is 5.32 Å². The molecule has 1 aliphatic rings. The van der Waals surface area contributed by atoms with Gasteiger partial charge >= 0.3 is 17.7 Å². The molecule has 0 radical (unpaired) electrons. The normalized spacial score (nSPS) is 15.5. The van der Waals surface area contributed by atoms with Gasteiger partial charge in [0.15, 0.2) is 11.5 Å². The quantitative estimate of drug-likeness (QED) is 0.397. The minimum absolute atomic E-state index is 0.0130. The summed E-state index contributed by atoms with van der Waals surface area (Å²) < 4.78 is 21.2. The second kappa shape index (κ2) is 10.9. The predicted molar refractivity (Wildman–Crippen MR) is 121 cm³/mol. The standard InChI is InChI=1S/C24H28ClNO7/c1-4-30-22(28)24(23(29)31-5-2)32-20-10-9-16(12-21(20)33-24)11-15(3)26-14-19(27)17-7-6-8-18(25)13-17/h6-10,12-13,15,19,26-27H,4-5,11,14H2,1-3H3/t15-,19+/m1/s1. The van der Waals surface area contributed by atoms with E-state index in [9.17, 15) is 14.7 Å². The zero-order chi connectivity index (χ0) is 24.0. The summed E-state index contributed by atoms with van der Waals surface area (Å²) in [6.45, 7) is 5.68. The van der Waals surface area contributed by atoms with Crippen molar-refractivity contribution in [3.63, 3.8) is 0 Å². The van der Waals surface area contributed by atoms with Gasteiger partial charge in [-0.15, -0.1) is 0 Å². The number of ether oxygens (including phenoxy) is 4. The van der Waals surface area contributed by atoms with Crippen LogP contribution in [0.3, 0.4) is 0 Å². The molecule has 0 fully saturated rings. The van der Waals surface area contributed by atoms with E-state index >= 15 is 0 Å². The molecular weight excluding hydrogens is 450 g/mol. The van der Waals surface area contributed by atoms with Crippen molar-refractivity contribution in [3.05, 3.63) is 58.6 Å². The SMILES string of the molecule is CCOC(=O)C1(C(=O)OCC)Oc2ccc(C[C@@H](C)NC[C@H](O)c3cccc(Cl)c3)cc2O1. The number of hydrogen-bond donors (Lipinski definition) is 2. The Morgan fingerprint density at radius 1 is 1.06 bits per heavy atom. The molecule has 0 saturated carbocycles. The van der Waals surface area contributed by atoms with Crippen LogP contribution >= 0.6 is 11.6 Å². The molecule has 3 rings (SSSR count). The number of aliphatic hydroxyl groups excluding tert-OH is 1. The minimum Gasteiger partial charge on any atom is -0.460 e. The van der Waals surface area contributed by atoms with E-state index in [1.807, 2.05) is 19.1 Å². The number of benzene rings is 2. The Morgan fingerprint density at radius 2 is 1.73 bits per heavy atom. The zero-order valence-corrected chi connectivity index (χ0v) is 19.6. The monoisotopic (exact) mass is 477 g/mol. The number of nitrogens with one attached hydrogen (secondary N) is 1. The second-order valence-electron chi connectivity index (χ2n) is 7.63. The fraction of sp³-hybridized carbons (Fsp3) is 0.417. The number of carbonyl (C=O) groups is 2. The number of hydrogen-bond acceptors (Lipinski definition) is 8. The first-order chi connectivity index (χ1) is 15.8. The first-order valence-corrected chi connectivity index (χ1v) is 11.2. The van der Waals surface area contributed by atoms with Crippen LogP contribution in [0.1, 0.15) is 38.0 Å². The van der Waals surface area contributed by atoms with Crippen molar-refractivity contribution < 1.29 is 33.6 Å². The lowest BCUT2D eigenvalue weighted by molar-refractivity contribution is -0.202. The van der Waals surface area contributed by atoms with Crippen molar-refractivity contribution in [1.29, 1.82) is 0 Å². The fourth-order valence-corrected chi connectivity index (χ4v) is 3.65. The Labute approximate surface area is 197 Å². The van der Waals surface area contributed by atoms with Crippen molar-refractivity contribution >= 4 is 23.5 Å². The van der Waals surface area contributed by atoms with Crippen LogP contribution in [0.15, 0.2) is 42.5 Å². The van der Waals surface area contributed by atoms with Crippen LogP contribution in [-0.2, 0) is 25.5 Å². The van der Waals surface area contributed by atoms with E-state index in [4.69, 9.17) is 30.5 Å².